The molecule has 1 aromatic carbocycles. The highest BCUT2D eigenvalue weighted by Crippen LogP contribution is 2.34. The number of hydrogen-bond donors (Lipinski definition) is 1. The average Bonchev–Trinajstić information content (AvgIpc) is 2.73. The maximum Gasteiger partial charge on any atom is 0.198 e. The van der Waals surface area contributed by atoms with E-state index < -0.39 is 0 Å². The molecule has 0 spiro atoms. The van der Waals surface area contributed by atoms with Crippen LogP contribution >= 0.6 is 0 Å². The van der Waals surface area contributed by atoms with Gasteiger partial charge in [-0.25, -0.2) is 4.98 Å². The van der Waals surface area contributed by atoms with Crippen molar-refractivity contribution in [2.24, 2.45) is 0 Å². The van der Waals surface area contributed by atoms with Gasteiger partial charge in [-0.2, -0.15) is 0 Å². The highest BCUT2D eigenvalue weighted by atomic mass is 16.3. The Morgan fingerprint density at radius 2 is 2.00 bits per heavy atom. The van der Waals surface area contributed by atoms with E-state index in [2.05, 4.69) is 4.98 Å². The Hall–Kier alpha value is -1.51. The molecule has 0 amide bonds. The summed E-state index contributed by atoms with van der Waals surface area (Å²) in [6, 6.07) is 5.09. The molecule has 0 saturated heterocycles. The summed E-state index contributed by atoms with van der Waals surface area (Å²) in [6.45, 7) is 0. The van der Waals surface area contributed by atoms with Gasteiger partial charge in [0.2, 0.25) is 0 Å². The lowest BCUT2D eigenvalue weighted by Gasteiger charge is -2.17. The Bertz CT molecular complexity index is 498. The SMILES string of the molecule is Oc1ccc2nc(C3CCCCC3)oc2c1. The third-order valence-electron chi connectivity index (χ3n) is 3.34. The molecule has 1 saturated carbocycles. The molecule has 1 aromatic heterocycles. The van der Waals surface area contributed by atoms with Crippen LogP contribution in [0.5, 0.6) is 5.75 Å². The standard InChI is InChI=1S/C13H15NO2/c15-10-6-7-11-12(8-10)16-13(14-11)9-4-2-1-3-5-9/h6-9,15H,1-5H2. The highest BCUT2D eigenvalue weighted by Gasteiger charge is 2.20. The zero-order valence-electron chi connectivity index (χ0n) is 9.15. The van der Waals surface area contributed by atoms with Gasteiger partial charge in [0.1, 0.15) is 11.3 Å². The Balaban J connectivity index is 1.97. The number of nitrogens with zero attached hydrogens (tertiary/aromatic N) is 1. The van der Waals surface area contributed by atoms with Gasteiger partial charge < -0.3 is 9.52 Å². The fraction of sp³-hybridized carbons (Fsp3) is 0.462. The second-order valence-corrected chi connectivity index (χ2v) is 4.54. The summed E-state index contributed by atoms with van der Waals surface area (Å²) in [6.07, 6.45) is 6.23. The number of aromatic hydroxyl groups is 1. The lowest BCUT2D eigenvalue weighted by molar-refractivity contribution is 0.373. The minimum absolute atomic E-state index is 0.235. The Kier molecular flexibility index (Phi) is 2.31. The highest BCUT2D eigenvalue weighted by molar-refractivity contribution is 5.74. The number of oxazole rings is 1. The normalized spacial score (nSPS) is 18.0. The molecule has 2 aromatic rings. The van der Waals surface area contributed by atoms with Crippen LogP contribution < -0.4 is 0 Å². The Morgan fingerprint density at radius 1 is 1.19 bits per heavy atom. The maximum absolute atomic E-state index is 9.36. The monoisotopic (exact) mass is 217 g/mol. The lowest BCUT2D eigenvalue weighted by atomic mass is 9.89. The molecule has 1 N–H and O–H groups in total. The van der Waals surface area contributed by atoms with Crippen LogP contribution in [-0.2, 0) is 0 Å². The predicted molar refractivity (Wildman–Crippen MR) is 61.5 cm³/mol. The minimum atomic E-state index is 0.235. The number of aromatic nitrogens is 1. The molecule has 1 aliphatic rings. The molecule has 3 nitrogen and oxygen atoms in total. The average molecular weight is 217 g/mol. The van der Waals surface area contributed by atoms with Gasteiger partial charge in [-0.05, 0) is 25.0 Å². The summed E-state index contributed by atoms with van der Waals surface area (Å²) >= 11 is 0. The van der Waals surface area contributed by atoms with Crippen LogP contribution in [0.1, 0.15) is 43.9 Å². The van der Waals surface area contributed by atoms with E-state index in [9.17, 15) is 5.11 Å². The van der Waals surface area contributed by atoms with Crippen molar-refractivity contribution in [1.29, 1.82) is 0 Å². The van der Waals surface area contributed by atoms with Crippen molar-refractivity contribution in [3.8, 4) is 5.75 Å². The van der Waals surface area contributed by atoms with Gasteiger partial charge in [0.05, 0.1) is 0 Å². The third-order valence-corrected chi connectivity index (χ3v) is 3.34. The van der Waals surface area contributed by atoms with E-state index in [1.807, 2.05) is 0 Å². The fourth-order valence-electron chi connectivity index (χ4n) is 2.46. The summed E-state index contributed by atoms with van der Waals surface area (Å²) in [7, 11) is 0. The maximum atomic E-state index is 9.36. The molecule has 0 aliphatic heterocycles. The summed E-state index contributed by atoms with van der Waals surface area (Å²) in [5, 5.41) is 9.36. The topological polar surface area (TPSA) is 46.3 Å². The molecule has 1 aliphatic carbocycles. The van der Waals surface area contributed by atoms with Crippen LogP contribution in [0.3, 0.4) is 0 Å². The summed E-state index contributed by atoms with van der Waals surface area (Å²) in [5.74, 6) is 1.56. The number of rotatable bonds is 1. The number of fused-ring (bicyclic) bond motifs is 1. The summed E-state index contributed by atoms with van der Waals surface area (Å²) < 4.78 is 5.72. The Labute approximate surface area is 94.1 Å². The van der Waals surface area contributed by atoms with Gasteiger partial charge in [0, 0.05) is 12.0 Å². The zero-order chi connectivity index (χ0) is 11.0. The smallest absolute Gasteiger partial charge is 0.198 e. The van der Waals surface area contributed by atoms with Crippen molar-refractivity contribution >= 4 is 11.1 Å². The van der Waals surface area contributed by atoms with Crippen LogP contribution in [0.25, 0.3) is 11.1 Å². The predicted octanol–water partition coefficient (Wildman–Crippen LogP) is 3.58. The van der Waals surface area contributed by atoms with Crippen molar-refractivity contribution in [2.45, 2.75) is 38.0 Å². The molecular formula is C13H15NO2. The van der Waals surface area contributed by atoms with Crippen molar-refractivity contribution in [3.05, 3.63) is 24.1 Å². The number of benzene rings is 1. The second kappa shape index (κ2) is 3.81. The first kappa shape index (κ1) is 9.70. The number of phenolic OH excluding ortho intramolecular Hbond substituents is 1. The molecule has 0 bridgehead atoms. The van der Waals surface area contributed by atoms with Crippen molar-refractivity contribution in [1.82, 2.24) is 4.98 Å². The van der Waals surface area contributed by atoms with Crippen LogP contribution in [0.4, 0.5) is 0 Å². The summed E-state index contributed by atoms with van der Waals surface area (Å²) in [4.78, 5) is 4.50. The molecule has 1 fully saturated rings. The molecule has 0 radical (unpaired) electrons. The van der Waals surface area contributed by atoms with Crippen molar-refractivity contribution in [3.63, 3.8) is 0 Å². The van der Waals surface area contributed by atoms with E-state index >= 15 is 0 Å². The quantitative estimate of drug-likeness (QED) is 0.794. The van der Waals surface area contributed by atoms with Crippen LogP contribution in [0.2, 0.25) is 0 Å². The van der Waals surface area contributed by atoms with E-state index in [-0.39, 0.29) is 5.75 Å². The van der Waals surface area contributed by atoms with Crippen LogP contribution in [0, 0.1) is 0 Å². The van der Waals surface area contributed by atoms with E-state index in [1.54, 1.807) is 18.2 Å². The first-order valence-corrected chi connectivity index (χ1v) is 5.92. The second-order valence-electron chi connectivity index (χ2n) is 4.54. The number of phenols is 1. The van der Waals surface area contributed by atoms with Gasteiger partial charge in [0.15, 0.2) is 11.5 Å². The van der Waals surface area contributed by atoms with E-state index in [1.165, 1.54) is 32.1 Å². The van der Waals surface area contributed by atoms with Gasteiger partial charge >= 0.3 is 0 Å². The largest absolute Gasteiger partial charge is 0.508 e. The molecule has 1 heterocycles. The molecule has 0 unspecified atom stereocenters. The Morgan fingerprint density at radius 3 is 2.81 bits per heavy atom. The molecular weight excluding hydrogens is 202 g/mol. The third kappa shape index (κ3) is 1.66. The van der Waals surface area contributed by atoms with Crippen molar-refractivity contribution < 1.29 is 9.52 Å². The van der Waals surface area contributed by atoms with Gasteiger partial charge in [0.25, 0.3) is 0 Å². The lowest BCUT2D eigenvalue weighted by Crippen LogP contribution is -2.04. The van der Waals surface area contributed by atoms with E-state index in [4.69, 9.17) is 4.42 Å². The van der Waals surface area contributed by atoms with Crippen LogP contribution in [-0.4, -0.2) is 10.1 Å². The molecule has 3 heteroatoms. The molecule has 0 atom stereocenters. The zero-order valence-corrected chi connectivity index (χ0v) is 9.15. The van der Waals surface area contributed by atoms with Gasteiger partial charge in [-0.1, -0.05) is 19.3 Å². The molecule has 3 rings (SSSR count). The number of hydrogen-bond acceptors (Lipinski definition) is 3. The molecule has 84 valence electrons. The van der Waals surface area contributed by atoms with Crippen molar-refractivity contribution in [2.75, 3.05) is 0 Å². The van der Waals surface area contributed by atoms with E-state index in [0.29, 0.717) is 11.5 Å². The molecule has 16 heavy (non-hydrogen) atoms. The van der Waals surface area contributed by atoms with Crippen LogP contribution in [0.15, 0.2) is 22.6 Å². The first-order valence-electron chi connectivity index (χ1n) is 5.92. The fourth-order valence-corrected chi connectivity index (χ4v) is 2.46. The first-order chi connectivity index (χ1) is 7.83. The van der Waals surface area contributed by atoms with Gasteiger partial charge in [-0.3, -0.25) is 0 Å². The van der Waals surface area contributed by atoms with Gasteiger partial charge in [-0.15, -0.1) is 0 Å². The van der Waals surface area contributed by atoms with E-state index in [0.717, 1.165) is 11.4 Å². The minimum Gasteiger partial charge on any atom is -0.508 e. The summed E-state index contributed by atoms with van der Waals surface area (Å²) in [5.41, 5.74) is 1.54.